The molecule has 1 amide bonds. The van der Waals surface area contributed by atoms with Gasteiger partial charge in [0.05, 0.1) is 16.3 Å². The van der Waals surface area contributed by atoms with Crippen molar-refractivity contribution in [3.8, 4) is 5.75 Å². The Morgan fingerprint density at radius 3 is 2.58 bits per heavy atom. The molecule has 0 saturated carbocycles. The summed E-state index contributed by atoms with van der Waals surface area (Å²) >= 11 is 13.0. The zero-order valence-corrected chi connectivity index (χ0v) is 18.1. The number of hydrogen-bond acceptors (Lipinski definition) is 4. The summed E-state index contributed by atoms with van der Waals surface area (Å²) in [5.41, 5.74) is 0.847. The number of carbonyl (C=O) groups excluding carboxylic acids is 1. The lowest BCUT2D eigenvalue weighted by molar-refractivity contribution is -0.120. The van der Waals surface area contributed by atoms with Crippen LogP contribution in [-0.2, 0) is 11.3 Å². The normalized spacial score (nSPS) is 11.0. The Morgan fingerprint density at radius 2 is 1.84 bits per heavy atom. The number of hydrogen-bond donors (Lipinski definition) is 0. The van der Waals surface area contributed by atoms with E-state index in [9.17, 15) is 13.6 Å². The fraction of sp³-hybridized carbons (Fsp3) is 0.0909. The van der Waals surface area contributed by atoms with Gasteiger partial charge >= 0.3 is 0 Å². The van der Waals surface area contributed by atoms with Crippen LogP contribution in [0.3, 0.4) is 0 Å². The highest BCUT2D eigenvalue weighted by molar-refractivity contribution is 7.22. The van der Waals surface area contributed by atoms with Gasteiger partial charge in [0.1, 0.15) is 17.1 Å². The Bertz CT molecular complexity index is 1250. The molecule has 1 heterocycles. The molecule has 3 aromatic carbocycles. The number of nitrogens with zero attached hydrogens (tertiary/aromatic N) is 2. The molecule has 0 aliphatic carbocycles. The molecule has 0 aliphatic heterocycles. The molecule has 0 spiro atoms. The summed E-state index contributed by atoms with van der Waals surface area (Å²) in [7, 11) is 0. The van der Waals surface area contributed by atoms with Crippen molar-refractivity contribution >= 4 is 55.8 Å². The van der Waals surface area contributed by atoms with E-state index in [-0.39, 0.29) is 28.8 Å². The van der Waals surface area contributed by atoms with Gasteiger partial charge in [-0.1, -0.05) is 64.9 Å². The first-order chi connectivity index (χ1) is 14.9. The second kappa shape index (κ2) is 9.18. The van der Waals surface area contributed by atoms with Crippen molar-refractivity contribution in [2.45, 2.75) is 6.54 Å². The quantitative estimate of drug-likeness (QED) is 0.317. The molecule has 0 saturated heterocycles. The largest absolute Gasteiger partial charge is 0.482 e. The predicted molar refractivity (Wildman–Crippen MR) is 119 cm³/mol. The number of anilines is 1. The monoisotopic (exact) mass is 478 g/mol. The van der Waals surface area contributed by atoms with Crippen molar-refractivity contribution in [2.75, 3.05) is 11.5 Å². The van der Waals surface area contributed by atoms with E-state index < -0.39 is 17.5 Å². The maximum Gasteiger partial charge on any atom is 0.267 e. The van der Waals surface area contributed by atoms with Gasteiger partial charge in [-0.05, 0) is 29.8 Å². The van der Waals surface area contributed by atoms with Crippen LogP contribution in [0.15, 0.2) is 60.7 Å². The first-order valence-electron chi connectivity index (χ1n) is 9.08. The summed E-state index contributed by atoms with van der Waals surface area (Å²) < 4.78 is 33.6. The summed E-state index contributed by atoms with van der Waals surface area (Å²) in [4.78, 5) is 18.7. The van der Waals surface area contributed by atoms with Gasteiger partial charge in [0.15, 0.2) is 17.6 Å². The third kappa shape index (κ3) is 4.95. The Labute approximate surface area is 190 Å². The Morgan fingerprint density at radius 1 is 1.06 bits per heavy atom. The van der Waals surface area contributed by atoms with Gasteiger partial charge in [-0.15, -0.1) is 0 Å². The van der Waals surface area contributed by atoms with Crippen LogP contribution in [0.2, 0.25) is 10.0 Å². The van der Waals surface area contributed by atoms with Crippen molar-refractivity contribution in [2.24, 2.45) is 0 Å². The highest BCUT2D eigenvalue weighted by atomic mass is 35.5. The number of amides is 1. The minimum Gasteiger partial charge on any atom is -0.482 e. The maximum atomic E-state index is 14.1. The van der Waals surface area contributed by atoms with E-state index in [0.717, 1.165) is 23.0 Å². The molecule has 0 bridgehead atoms. The molecule has 4 rings (SSSR count). The summed E-state index contributed by atoms with van der Waals surface area (Å²) in [6.45, 7) is -0.151. The van der Waals surface area contributed by atoms with Gasteiger partial charge in [0, 0.05) is 11.1 Å². The van der Waals surface area contributed by atoms with Gasteiger partial charge in [0.2, 0.25) is 0 Å². The van der Waals surface area contributed by atoms with Crippen LogP contribution in [0.1, 0.15) is 5.56 Å². The summed E-state index contributed by atoms with van der Waals surface area (Å²) in [6, 6.07) is 15.9. The molecule has 0 radical (unpaired) electrons. The molecule has 158 valence electrons. The first kappa shape index (κ1) is 21.5. The smallest absolute Gasteiger partial charge is 0.267 e. The highest BCUT2D eigenvalue weighted by Crippen LogP contribution is 2.32. The fourth-order valence-electron chi connectivity index (χ4n) is 2.90. The number of benzene rings is 3. The van der Waals surface area contributed by atoms with E-state index in [1.165, 1.54) is 17.0 Å². The molecule has 0 unspecified atom stereocenters. The van der Waals surface area contributed by atoms with E-state index in [2.05, 4.69) is 4.98 Å². The Balaban J connectivity index is 1.64. The number of fused-ring (bicyclic) bond motifs is 1. The minimum atomic E-state index is -0.784. The van der Waals surface area contributed by atoms with E-state index in [0.29, 0.717) is 15.5 Å². The number of halogens is 4. The van der Waals surface area contributed by atoms with Crippen LogP contribution in [0, 0.1) is 11.6 Å². The van der Waals surface area contributed by atoms with Gasteiger partial charge < -0.3 is 4.74 Å². The van der Waals surface area contributed by atoms with E-state index >= 15 is 0 Å². The number of ether oxygens (including phenoxy) is 1. The van der Waals surface area contributed by atoms with Gasteiger partial charge in [0.25, 0.3) is 5.91 Å². The highest BCUT2D eigenvalue weighted by Gasteiger charge is 2.22. The van der Waals surface area contributed by atoms with Gasteiger partial charge in [-0.2, -0.15) is 0 Å². The summed E-state index contributed by atoms with van der Waals surface area (Å²) in [5, 5.41) is 0.949. The summed E-state index contributed by atoms with van der Waals surface area (Å²) in [6.07, 6.45) is 0. The second-order valence-electron chi connectivity index (χ2n) is 6.56. The molecule has 0 aliphatic rings. The summed E-state index contributed by atoms with van der Waals surface area (Å²) in [5.74, 6) is -1.61. The third-order valence-electron chi connectivity index (χ3n) is 4.36. The second-order valence-corrected chi connectivity index (χ2v) is 8.41. The lowest BCUT2D eigenvalue weighted by atomic mass is 10.2. The Hall–Kier alpha value is -2.74. The lowest BCUT2D eigenvalue weighted by Crippen LogP contribution is -2.34. The number of rotatable bonds is 6. The standard InChI is InChI=1S/C22H14Cl2F2N2O2S/c23-14-6-7-18(16(24)8-14)30-12-20(29)28(11-13-4-2-1-3-5-13)22-27-21-17(26)9-15(25)10-19(21)31-22/h1-10H,11-12H2. The number of thiazole rings is 1. The van der Waals surface area contributed by atoms with Crippen LogP contribution < -0.4 is 9.64 Å². The zero-order chi connectivity index (χ0) is 22.0. The van der Waals surface area contributed by atoms with Crippen molar-refractivity contribution in [3.05, 3.63) is 87.9 Å². The molecule has 0 N–H and O–H groups in total. The third-order valence-corrected chi connectivity index (χ3v) is 5.92. The topological polar surface area (TPSA) is 42.4 Å². The van der Waals surface area contributed by atoms with Crippen molar-refractivity contribution < 1.29 is 18.3 Å². The minimum absolute atomic E-state index is 0.00826. The molecular weight excluding hydrogens is 465 g/mol. The van der Waals surface area contributed by atoms with E-state index in [1.807, 2.05) is 30.3 Å². The van der Waals surface area contributed by atoms with E-state index in [1.54, 1.807) is 12.1 Å². The van der Waals surface area contributed by atoms with Crippen LogP contribution in [0.25, 0.3) is 10.2 Å². The SMILES string of the molecule is O=C(COc1ccc(Cl)cc1Cl)N(Cc1ccccc1)c1nc2c(F)cc(F)cc2s1. The van der Waals surface area contributed by atoms with Crippen LogP contribution in [-0.4, -0.2) is 17.5 Å². The van der Waals surface area contributed by atoms with Crippen molar-refractivity contribution in [1.29, 1.82) is 0 Å². The molecule has 0 fully saturated rings. The van der Waals surface area contributed by atoms with Crippen molar-refractivity contribution in [1.82, 2.24) is 4.98 Å². The average Bonchev–Trinajstić information content (AvgIpc) is 3.16. The molecule has 9 heteroatoms. The lowest BCUT2D eigenvalue weighted by Gasteiger charge is -2.20. The van der Waals surface area contributed by atoms with Gasteiger partial charge in [-0.25, -0.2) is 13.8 Å². The molecule has 1 aromatic heterocycles. The zero-order valence-electron chi connectivity index (χ0n) is 15.8. The maximum absolute atomic E-state index is 14.1. The molecule has 4 aromatic rings. The fourth-order valence-corrected chi connectivity index (χ4v) is 4.38. The predicted octanol–water partition coefficient (Wildman–Crippen LogP) is 6.49. The van der Waals surface area contributed by atoms with Crippen molar-refractivity contribution in [3.63, 3.8) is 0 Å². The van der Waals surface area contributed by atoms with E-state index in [4.69, 9.17) is 27.9 Å². The first-order valence-corrected chi connectivity index (χ1v) is 10.7. The van der Waals surface area contributed by atoms with Gasteiger partial charge in [-0.3, -0.25) is 9.69 Å². The molecule has 0 atom stereocenters. The molecule has 31 heavy (non-hydrogen) atoms. The number of carbonyl (C=O) groups is 1. The molecular formula is C22H14Cl2F2N2O2S. The van der Waals surface area contributed by atoms with Crippen LogP contribution in [0.4, 0.5) is 13.9 Å². The Kier molecular flexibility index (Phi) is 6.36. The number of aromatic nitrogens is 1. The van der Waals surface area contributed by atoms with Crippen LogP contribution in [0.5, 0.6) is 5.75 Å². The average molecular weight is 479 g/mol. The molecule has 4 nitrogen and oxygen atoms in total. The van der Waals surface area contributed by atoms with Crippen LogP contribution >= 0.6 is 34.5 Å².